The van der Waals surface area contributed by atoms with E-state index >= 15 is 0 Å². The van der Waals surface area contributed by atoms with Gasteiger partial charge in [-0.3, -0.25) is 4.79 Å². The average molecular weight is 531 g/mol. The number of ether oxygens (including phenoxy) is 2. The number of hydrogen-bond acceptors (Lipinski definition) is 4. The average Bonchev–Trinajstić information content (AvgIpc) is 2.99. The second-order valence-corrected chi connectivity index (χ2v) is 11.0. The van der Waals surface area contributed by atoms with Gasteiger partial charge in [-0.25, -0.2) is 0 Å². The van der Waals surface area contributed by atoms with Crippen LogP contribution in [0.25, 0.3) is 0 Å². The number of aliphatic hydroxyl groups is 1. The van der Waals surface area contributed by atoms with Crippen LogP contribution in [0, 0.1) is 11.8 Å². The van der Waals surface area contributed by atoms with Crippen LogP contribution in [-0.4, -0.2) is 31.4 Å². The van der Waals surface area contributed by atoms with E-state index in [9.17, 15) is 4.79 Å². The fourth-order valence-electron chi connectivity index (χ4n) is 5.74. The molecule has 4 heteroatoms. The van der Waals surface area contributed by atoms with Gasteiger partial charge in [-0.05, 0) is 59.8 Å². The lowest BCUT2D eigenvalue weighted by molar-refractivity contribution is -0.145. The number of benzene rings is 3. The van der Waals surface area contributed by atoms with E-state index in [1.54, 1.807) is 0 Å². The first-order chi connectivity index (χ1) is 18.9. The van der Waals surface area contributed by atoms with E-state index in [1.807, 2.05) is 6.92 Å². The van der Waals surface area contributed by atoms with Crippen LogP contribution in [0.3, 0.4) is 0 Å². The lowest BCUT2D eigenvalue weighted by atomic mass is 9.63. The Hall–Kier alpha value is -2.95. The van der Waals surface area contributed by atoms with Gasteiger partial charge >= 0.3 is 5.97 Å². The Morgan fingerprint density at radius 2 is 1.56 bits per heavy atom. The predicted octanol–water partition coefficient (Wildman–Crippen LogP) is 7.68. The van der Waals surface area contributed by atoms with Crippen LogP contribution in [0.15, 0.2) is 84.9 Å². The summed E-state index contributed by atoms with van der Waals surface area (Å²) in [6, 6.07) is 30.2. The molecule has 3 aromatic carbocycles. The summed E-state index contributed by atoms with van der Waals surface area (Å²) in [5.74, 6) is 0.431. The molecule has 3 rings (SSSR count). The van der Waals surface area contributed by atoms with Crippen LogP contribution in [0.4, 0.5) is 0 Å². The van der Waals surface area contributed by atoms with Gasteiger partial charge < -0.3 is 14.6 Å². The number of rotatable bonds is 16. The lowest BCUT2D eigenvalue weighted by Gasteiger charge is -2.40. The van der Waals surface area contributed by atoms with Crippen molar-refractivity contribution in [1.29, 1.82) is 0 Å². The molecule has 0 aromatic heterocycles. The summed E-state index contributed by atoms with van der Waals surface area (Å²) < 4.78 is 11.1. The lowest BCUT2D eigenvalue weighted by Crippen LogP contribution is -2.35. The molecule has 4 unspecified atom stereocenters. The molecule has 0 amide bonds. The van der Waals surface area contributed by atoms with Gasteiger partial charge in [-0.2, -0.15) is 0 Å². The maximum atomic E-state index is 12.8. The second kappa shape index (κ2) is 15.6. The highest BCUT2D eigenvalue weighted by molar-refractivity contribution is 5.72. The molecule has 1 N–H and O–H groups in total. The monoisotopic (exact) mass is 530 g/mol. The molecule has 210 valence electrons. The summed E-state index contributed by atoms with van der Waals surface area (Å²) in [6.45, 7) is 7.71. The summed E-state index contributed by atoms with van der Waals surface area (Å²) in [4.78, 5) is 12.8. The highest BCUT2D eigenvalue weighted by Crippen LogP contribution is 2.47. The fourth-order valence-corrected chi connectivity index (χ4v) is 5.74. The summed E-state index contributed by atoms with van der Waals surface area (Å²) in [5, 5.41) is 9.13. The third-order valence-electron chi connectivity index (χ3n) is 8.03. The van der Waals surface area contributed by atoms with Crippen LogP contribution in [-0.2, 0) is 26.3 Å². The minimum absolute atomic E-state index is 0.125. The third kappa shape index (κ3) is 8.52. The maximum Gasteiger partial charge on any atom is 0.308 e. The zero-order valence-corrected chi connectivity index (χ0v) is 24.1. The quantitative estimate of drug-likeness (QED) is 0.152. The molecule has 0 aliphatic carbocycles. The van der Waals surface area contributed by atoms with Gasteiger partial charge in [0, 0.05) is 18.6 Å². The first kappa shape index (κ1) is 30.6. The number of carbonyl (C=O) groups excluding carboxylic acids is 1. The van der Waals surface area contributed by atoms with Gasteiger partial charge in [-0.15, -0.1) is 0 Å². The summed E-state index contributed by atoms with van der Waals surface area (Å²) in [6.07, 6.45) is 4.34. The molecule has 0 spiro atoms. The summed E-state index contributed by atoms with van der Waals surface area (Å²) in [5.41, 5.74) is 4.42. The van der Waals surface area contributed by atoms with Gasteiger partial charge in [0.05, 0.1) is 19.6 Å². The first-order valence-electron chi connectivity index (χ1n) is 14.4. The molecular weight excluding hydrogens is 484 g/mol. The minimum Gasteiger partial charge on any atom is -0.469 e. The molecule has 0 saturated carbocycles. The van der Waals surface area contributed by atoms with Gasteiger partial charge in [0.1, 0.15) is 0 Å². The van der Waals surface area contributed by atoms with Crippen molar-refractivity contribution in [3.8, 4) is 0 Å². The Bertz CT molecular complexity index is 1110. The summed E-state index contributed by atoms with van der Waals surface area (Å²) in [7, 11) is 1.48. The standard InChI is InChI=1S/C35H46O4/c1-5-27(2)22-31(30-15-8-6-9-16-30)25-35(24-28(3)34(37)38-4,32-17-10-7-11-18-32)33-19-12-14-29(23-33)26-39-21-13-20-36/h6-12,14-19,23,27-28,31,36H,5,13,20-22,24-26H2,1-4H3. The molecule has 0 bridgehead atoms. The predicted molar refractivity (Wildman–Crippen MR) is 159 cm³/mol. The van der Waals surface area contributed by atoms with Gasteiger partial charge in [0.2, 0.25) is 0 Å². The van der Waals surface area contributed by atoms with Crippen molar-refractivity contribution in [3.05, 3.63) is 107 Å². The SMILES string of the molecule is CCC(C)CC(CC(CC(C)C(=O)OC)(c1ccccc1)c1cccc(COCCCO)c1)c1ccccc1. The molecular formula is C35H46O4. The first-order valence-corrected chi connectivity index (χ1v) is 14.4. The van der Waals surface area contributed by atoms with Gasteiger partial charge in [0.25, 0.3) is 0 Å². The zero-order chi connectivity index (χ0) is 28.1. The Balaban J connectivity index is 2.17. The van der Waals surface area contributed by atoms with Crippen molar-refractivity contribution >= 4 is 5.97 Å². The fraction of sp³-hybridized carbons (Fsp3) is 0.457. The number of hydrogen-bond donors (Lipinski definition) is 1. The number of carbonyl (C=O) groups is 1. The molecule has 3 aromatic rings. The topological polar surface area (TPSA) is 55.8 Å². The van der Waals surface area contributed by atoms with Crippen molar-refractivity contribution in [3.63, 3.8) is 0 Å². The van der Waals surface area contributed by atoms with E-state index < -0.39 is 5.41 Å². The number of methoxy groups -OCH3 is 1. The van der Waals surface area contributed by atoms with E-state index in [4.69, 9.17) is 14.6 Å². The minimum atomic E-state index is -0.413. The van der Waals surface area contributed by atoms with Crippen molar-refractivity contribution in [2.75, 3.05) is 20.3 Å². The molecule has 0 radical (unpaired) electrons. The molecule has 4 nitrogen and oxygen atoms in total. The largest absolute Gasteiger partial charge is 0.469 e. The third-order valence-corrected chi connectivity index (χ3v) is 8.03. The van der Waals surface area contributed by atoms with Gasteiger partial charge in [-0.1, -0.05) is 112 Å². The van der Waals surface area contributed by atoms with Crippen molar-refractivity contribution in [2.24, 2.45) is 11.8 Å². The molecule has 0 heterocycles. The molecule has 4 atom stereocenters. The van der Waals surface area contributed by atoms with Crippen LogP contribution >= 0.6 is 0 Å². The molecule has 0 aliphatic rings. The Morgan fingerprint density at radius 3 is 2.21 bits per heavy atom. The van der Waals surface area contributed by atoms with Crippen molar-refractivity contribution < 1.29 is 19.4 Å². The van der Waals surface area contributed by atoms with Crippen LogP contribution in [0.2, 0.25) is 0 Å². The van der Waals surface area contributed by atoms with Crippen molar-refractivity contribution in [1.82, 2.24) is 0 Å². The van der Waals surface area contributed by atoms with Crippen molar-refractivity contribution in [2.45, 2.75) is 70.8 Å². The molecule has 0 aliphatic heterocycles. The summed E-state index contributed by atoms with van der Waals surface area (Å²) >= 11 is 0. The van der Waals surface area contributed by atoms with Gasteiger partial charge in [0.15, 0.2) is 0 Å². The molecule has 0 fully saturated rings. The smallest absolute Gasteiger partial charge is 0.308 e. The highest BCUT2D eigenvalue weighted by atomic mass is 16.5. The Labute approximate surface area is 235 Å². The zero-order valence-electron chi connectivity index (χ0n) is 24.1. The normalized spacial score (nSPS) is 15.2. The maximum absolute atomic E-state index is 12.8. The Kier molecular flexibility index (Phi) is 12.2. The highest BCUT2D eigenvalue weighted by Gasteiger charge is 2.40. The van der Waals surface area contributed by atoms with Crippen LogP contribution in [0.5, 0.6) is 0 Å². The van der Waals surface area contributed by atoms with E-state index in [2.05, 4.69) is 98.8 Å². The number of esters is 1. The van der Waals surface area contributed by atoms with Crippen LogP contribution in [0.1, 0.15) is 81.0 Å². The van der Waals surface area contributed by atoms with Crippen LogP contribution < -0.4 is 0 Å². The Morgan fingerprint density at radius 1 is 0.897 bits per heavy atom. The van der Waals surface area contributed by atoms with E-state index in [-0.39, 0.29) is 18.5 Å². The van der Waals surface area contributed by atoms with E-state index in [1.165, 1.54) is 23.8 Å². The molecule has 0 saturated heterocycles. The van der Waals surface area contributed by atoms with E-state index in [0.29, 0.717) is 37.9 Å². The molecule has 39 heavy (non-hydrogen) atoms. The second-order valence-electron chi connectivity index (χ2n) is 11.0. The van der Waals surface area contributed by atoms with E-state index in [0.717, 1.165) is 24.8 Å². The number of aliphatic hydroxyl groups excluding tert-OH is 1.